The zero-order chi connectivity index (χ0) is 16.8. The molecule has 1 heterocycles. The molecule has 0 aliphatic heterocycles. The molecule has 23 heavy (non-hydrogen) atoms. The summed E-state index contributed by atoms with van der Waals surface area (Å²) in [6.07, 6.45) is 1.60. The summed E-state index contributed by atoms with van der Waals surface area (Å²) in [5, 5.41) is 2.87. The van der Waals surface area contributed by atoms with Gasteiger partial charge in [-0.25, -0.2) is 0 Å². The third kappa shape index (κ3) is 4.64. The molecule has 0 saturated heterocycles. The van der Waals surface area contributed by atoms with Gasteiger partial charge in [0.2, 0.25) is 0 Å². The number of nitrogens with zero attached hydrogens (tertiary/aromatic N) is 1. The standard InChI is InChI=1S/C18H20N2O3/c1-12-4-7-14(8-5-12)16(10-17(21)23-3)20-18(22)15-9-6-13(2)19-11-15/h4-9,11,16H,10H2,1-3H3,(H,20,22)/t16-/m1/s1. The molecular formula is C18H20N2O3. The summed E-state index contributed by atoms with van der Waals surface area (Å²) in [6.45, 7) is 3.84. The van der Waals surface area contributed by atoms with E-state index < -0.39 is 6.04 Å². The van der Waals surface area contributed by atoms with Crippen LogP contribution < -0.4 is 5.32 Å². The van der Waals surface area contributed by atoms with Crippen LogP contribution >= 0.6 is 0 Å². The number of ether oxygens (including phenoxy) is 1. The van der Waals surface area contributed by atoms with Crippen LogP contribution in [0.4, 0.5) is 0 Å². The summed E-state index contributed by atoms with van der Waals surface area (Å²) in [6, 6.07) is 10.7. The Labute approximate surface area is 135 Å². The van der Waals surface area contributed by atoms with Gasteiger partial charge < -0.3 is 10.1 Å². The summed E-state index contributed by atoms with van der Waals surface area (Å²) in [7, 11) is 1.33. The number of hydrogen-bond donors (Lipinski definition) is 1. The third-order valence-corrected chi connectivity index (χ3v) is 3.56. The zero-order valence-corrected chi connectivity index (χ0v) is 13.5. The van der Waals surface area contributed by atoms with Crippen molar-refractivity contribution in [2.24, 2.45) is 0 Å². The van der Waals surface area contributed by atoms with Gasteiger partial charge in [-0.1, -0.05) is 29.8 Å². The molecule has 0 unspecified atom stereocenters. The van der Waals surface area contributed by atoms with Crippen LogP contribution in [0.15, 0.2) is 42.6 Å². The predicted molar refractivity (Wildman–Crippen MR) is 87.0 cm³/mol. The van der Waals surface area contributed by atoms with Gasteiger partial charge in [0, 0.05) is 11.9 Å². The monoisotopic (exact) mass is 312 g/mol. The third-order valence-electron chi connectivity index (χ3n) is 3.56. The van der Waals surface area contributed by atoms with Crippen molar-refractivity contribution in [3.8, 4) is 0 Å². The second kappa shape index (κ2) is 7.54. The Hall–Kier alpha value is -2.69. The normalized spacial score (nSPS) is 11.6. The minimum atomic E-state index is -0.447. The Morgan fingerprint density at radius 1 is 1.13 bits per heavy atom. The summed E-state index contributed by atoms with van der Waals surface area (Å²) in [5.41, 5.74) is 3.26. The molecule has 120 valence electrons. The summed E-state index contributed by atoms with van der Waals surface area (Å²) < 4.78 is 4.73. The van der Waals surface area contributed by atoms with Crippen molar-refractivity contribution < 1.29 is 14.3 Å². The van der Waals surface area contributed by atoms with Crippen LogP contribution in [-0.2, 0) is 9.53 Å². The van der Waals surface area contributed by atoms with Gasteiger partial charge in [-0.15, -0.1) is 0 Å². The van der Waals surface area contributed by atoms with Crippen molar-refractivity contribution in [2.45, 2.75) is 26.3 Å². The van der Waals surface area contributed by atoms with Crippen LogP contribution in [0.25, 0.3) is 0 Å². The zero-order valence-electron chi connectivity index (χ0n) is 13.5. The number of amides is 1. The van der Waals surface area contributed by atoms with E-state index in [0.717, 1.165) is 16.8 Å². The first-order valence-corrected chi connectivity index (χ1v) is 7.36. The Kier molecular flexibility index (Phi) is 5.46. The maximum absolute atomic E-state index is 12.4. The van der Waals surface area contributed by atoms with Crippen molar-refractivity contribution in [3.05, 3.63) is 65.0 Å². The maximum atomic E-state index is 12.4. The Bertz CT molecular complexity index is 678. The molecule has 0 saturated carbocycles. The number of nitrogens with one attached hydrogen (secondary N) is 1. The van der Waals surface area contributed by atoms with Gasteiger partial charge in [0.1, 0.15) is 0 Å². The molecule has 1 aromatic carbocycles. The molecule has 1 amide bonds. The van der Waals surface area contributed by atoms with Gasteiger partial charge in [-0.05, 0) is 31.5 Å². The lowest BCUT2D eigenvalue weighted by Crippen LogP contribution is -2.30. The van der Waals surface area contributed by atoms with Crippen LogP contribution in [0.3, 0.4) is 0 Å². The lowest BCUT2D eigenvalue weighted by Gasteiger charge is -2.18. The number of aryl methyl sites for hydroxylation is 2. The molecule has 0 fully saturated rings. The average molecular weight is 312 g/mol. The number of benzene rings is 1. The first kappa shape index (κ1) is 16.7. The SMILES string of the molecule is COC(=O)C[C@@H](NC(=O)c1ccc(C)nc1)c1ccc(C)cc1. The topological polar surface area (TPSA) is 68.3 Å². The number of esters is 1. The summed E-state index contributed by atoms with van der Waals surface area (Å²) in [5.74, 6) is -0.648. The van der Waals surface area contributed by atoms with E-state index in [1.165, 1.54) is 13.3 Å². The Morgan fingerprint density at radius 3 is 2.39 bits per heavy atom. The highest BCUT2D eigenvalue weighted by molar-refractivity contribution is 5.94. The van der Waals surface area contributed by atoms with E-state index in [0.29, 0.717) is 5.56 Å². The van der Waals surface area contributed by atoms with Crippen LogP contribution in [0.5, 0.6) is 0 Å². The van der Waals surface area contributed by atoms with E-state index in [1.807, 2.05) is 38.1 Å². The van der Waals surface area contributed by atoms with Crippen LogP contribution in [0.1, 0.15) is 39.6 Å². The number of carbonyl (C=O) groups excluding carboxylic acids is 2. The molecule has 5 nitrogen and oxygen atoms in total. The van der Waals surface area contributed by atoms with Crippen molar-refractivity contribution in [3.63, 3.8) is 0 Å². The molecule has 2 rings (SSSR count). The van der Waals surface area contributed by atoms with Gasteiger partial charge in [0.15, 0.2) is 0 Å². The first-order valence-electron chi connectivity index (χ1n) is 7.36. The average Bonchev–Trinajstić information content (AvgIpc) is 2.55. The predicted octanol–water partition coefficient (Wildman–Crippen LogP) is 2.73. The second-order valence-electron chi connectivity index (χ2n) is 5.41. The number of methoxy groups -OCH3 is 1. The number of pyridine rings is 1. The largest absolute Gasteiger partial charge is 0.469 e. The molecular weight excluding hydrogens is 292 g/mol. The van der Waals surface area contributed by atoms with Crippen molar-refractivity contribution in [1.29, 1.82) is 0 Å². The first-order chi connectivity index (χ1) is 11.0. The fourth-order valence-electron chi connectivity index (χ4n) is 2.14. The Morgan fingerprint density at radius 2 is 1.83 bits per heavy atom. The number of hydrogen-bond acceptors (Lipinski definition) is 4. The number of aromatic nitrogens is 1. The summed E-state index contributed by atoms with van der Waals surface area (Å²) >= 11 is 0. The van der Waals surface area contributed by atoms with E-state index in [1.54, 1.807) is 12.1 Å². The highest BCUT2D eigenvalue weighted by Crippen LogP contribution is 2.19. The molecule has 0 aliphatic rings. The number of rotatable bonds is 5. The molecule has 1 atom stereocenters. The molecule has 0 spiro atoms. The van der Waals surface area contributed by atoms with Crippen molar-refractivity contribution >= 4 is 11.9 Å². The van der Waals surface area contributed by atoms with E-state index >= 15 is 0 Å². The lowest BCUT2D eigenvalue weighted by molar-refractivity contribution is -0.141. The number of carbonyl (C=O) groups is 2. The molecule has 1 aromatic heterocycles. The van der Waals surface area contributed by atoms with Gasteiger partial charge in [0.25, 0.3) is 5.91 Å². The highest BCUT2D eigenvalue weighted by Gasteiger charge is 2.19. The quantitative estimate of drug-likeness (QED) is 0.862. The fraction of sp³-hybridized carbons (Fsp3) is 0.278. The molecule has 1 N–H and O–H groups in total. The fourth-order valence-corrected chi connectivity index (χ4v) is 2.14. The van der Waals surface area contributed by atoms with Crippen LogP contribution in [0, 0.1) is 13.8 Å². The van der Waals surface area contributed by atoms with Crippen molar-refractivity contribution in [2.75, 3.05) is 7.11 Å². The smallest absolute Gasteiger partial charge is 0.307 e. The van der Waals surface area contributed by atoms with Gasteiger partial charge in [0.05, 0.1) is 25.1 Å². The van der Waals surface area contributed by atoms with Gasteiger partial charge in [-0.3, -0.25) is 14.6 Å². The molecule has 2 aromatic rings. The summed E-state index contributed by atoms with van der Waals surface area (Å²) in [4.78, 5) is 28.1. The van der Waals surface area contributed by atoms with Crippen LogP contribution in [0.2, 0.25) is 0 Å². The highest BCUT2D eigenvalue weighted by atomic mass is 16.5. The second-order valence-corrected chi connectivity index (χ2v) is 5.41. The van der Waals surface area contributed by atoms with E-state index in [2.05, 4.69) is 10.3 Å². The van der Waals surface area contributed by atoms with Crippen molar-refractivity contribution in [1.82, 2.24) is 10.3 Å². The van der Waals surface area contributed by atoms with E-state index in [4.69, 9.17) is 4.74 Å². The Balaban J connectivity index is 2.19. The molecule has 0 aliphatic carbocycles. The van der Waals surface area contributed by atoms with Gasteiger partial charge in [-0.2, -0.15) is 0 Å². The molecule has 0 bridgehead atoms. The van der Waals surface area contributed by atoms with E-state index in [-0.39, 0.29) is 18.3 Å². The minimum Gasteiger partial charge on any atom is -0.469 e. The molecule has 5 heteroatoms. The molecule has 0 radical (unpaired) electrons. The maximum Gasteiger partial charge on any atom is 0.307 e. The van der Waals surface area contributed by atoms with Crippen LogP contribution in [-0.4, -0.2) is 24.0 Å². The van der Waals surface area contributed by atoms with E-state index in [9.17, 15) is 9.59 Å². The van der Waals surface area contributed by atoms with Gasteiger partial charge >= 0.3 is 5.97 Å². The lowest BCUT2D eigenvalue weighted by atomic mass is 10.0. The minimum absolute atomic E-state index is 0.0740.